The average molecular weight is 282 g/mol. The predicted molar refractivity (Wildman–Crippen MR) is 75.3 cm³/mol. The minimum Gasteiger partial charge on any atom is -0.326 e. The van der Waals surface area contributed by atoms with Gasteiger partial charge in [-0.3, -0.25) is 0 Å². The molecule has 0 saturated heterocycles. The number of hydrogen-bond acceptors (Lipinski definition) is 2. The van der Waals surface area contributed by atoms with Crippen molar-refractivity contribution in [3.05, 3.63) is 64.4 Å². The fourth-order valence-electron chi connectivity index (χ4n) is 1.59. The molecule has 0 aromatic heterocycles. The molecule has 18 heavy (non-hydrogen) atoms. The summed E-state index contributed by atoms with van der Waals surface area (Å²) >= 11 is 7.39. The van der Waals surface area contributed by atoms with Gasteiger partial charge in [0.1, 0.15) is 5.82 Å². The molecule has 94 valence electrons. The Morgan fingerprint density at radius 1 is 1.06 bits per heavy atom. The van der Waals surface area contributed by atoms with Gasteiger partial charge in [-0.1, -0.05) is 29.8 Å². The van der Waals surface area contributed by atoms with Crippen molar-refractivity contribution in [2.24, 2.45) is 5.73 Å². The minimum absolute atomic E-state index is 0.193. The lowest BCUT2D eigenvalue weighted by Crippen LogP contribution is -2.02. The third-order valence-electron chi connectivity index (χ3n) is 2.59. The maximum Gasteiger partial charge on any atom is 0.131 e. The van der Waals surface area contributed by atoms with E-state index in [1.165, 1.54) is 0 Å². The summed E-state index contributed by atoms with van der Waals surface area (Å²) < 4.78 is 13.9. The van der Waals surface area contributed by atoms with Crippen molar-refractivity contribution in [2.75, 3.05) is 0 Å². The molecule has 0 bridgehead atoms. The third kappa shape index (κ3) is 3.25. The Balaban J connectivity index is 2.08. The van der Waals surface area contributed by atoms with E-state index in [1.54, 1.807) is 23.9 Å². The molecule has 2 N–H and O–H groups in total. The van der Waals surface area contributed by atoms with E-state index in [-0.39, 0.29) is 12.4 Å². The third-order valence-corrected chi connectivity index (χ3v) is 3.90. The first-order chi connectivity index (χ1) is 8.70. The van der Waals surface area contributed by atoms with Crippen LogP contribution in [0.5, 0.6) is 0 Å². The zero-order valence-electron chi connectivity index (χ0n) is 9.70. The molecule has 0 spiro atoms. The van der Waals surface area contributed by atoms with E-state index in [4.69, 9.17) is 17.3 Å². The van der Waals surface area contributed by atoms with Crippen LogP contribution in [0.3, 0.4) is 0 Å². The average Bonchev–Trinajstić information content (AvgIpc) is 2.39. The van der Waals surface area contributed by atoms with Gasteiger partial charge in [0.15, 0.2) is 0 Å². The molecule has 0 heterocycles. The van der Waals surface area contributed by atoms with Gasteiger partial charge in [0.05, 0.1) is 0 Å². The van der Waals surface area contributed by atoms with E-state index in [1.807, 2.05) is 30.3 Å². The number of rotatable bonds is 4. The molecular weight excluding hydrogens is 269 g/mol. The van der Waals surface area contributed by atoms with Crippen molar-refractivity contribution in [1.82, 2.24) is 0 Å². The van der Waals surface area contributed by atoms with Gasteiger partial charge in [0.25, 0.3) is 0 Å². The zero-order chi connectivity index (χ0) is 13.0. The molecule has 0 radical (unpaired) electrons. The molecule has 4 heteroatoms. The first-order valence-corrected chi connectivity index (χ1v) is 6.92. The summed E-state index contributed by atoms with van der Waals surface area (Å²) in [5.41, 5.74) is 6.72. The summed E-state index contributed by atoms with van der Waals surface area (Å²) in [4.78, 5) is 1.07. The molecule has 0 aliphatic rings. The number of hydrogen-bond donors (Lipinski definition) is 1. The quantitative estimate of drug-likeness (QED) is 0.849. The smallest absolute Gasteiger partial charge is 0.131 e. The van der Waals surface area contributed by atoms with Crippen LogP contribution in [0.15, 0.2) is 47.4 Å². The summed E-state index contributed by atoms with van der Waals surface area (Å²) in [7, 11) is 0. The maximum atomic E-state index is 13.9. The highest BCUT2D eigenvalue weighted by molar-refractivity contribution is 7.98. The van der Waals surface area contributed by atoms with Gasteiger partial charge in [-0.05, 0) is 29.8 Å². The van der Waals surface area contributed by atoms with Crippen LogP contribution >= 0.6 is 23.4 Å². The molecule has 1 nitrogen and oxygen atoms in total. The standard InChI is InChI=1S/C14H13ClFNS/c15-12-4-6-13(7-5-12)18-9-11-3-1-2-10(8-17)14(11)16/h1-7H,8-9,17H2. The van der Waals surface area contributed by atoms with Crippen LogP contribution in [0.4, 0.5) is 4.39 Å². The Morgan fingerprint density at radius 2 is 1.72 bits per heavy atom. The minimum atomic E-state index is -0.193. The number of nitrogens with two attached hydrogens (primary N) is 1. The van der Waals surface area contributed by atoms with Crippen LogP contribution in [-0.4, -0.2) is 0 Å². The van der Waals surface area contributed by atoms with Gasteiger partial charge < -0.3 is 5.73 Å². The molecule has 2 aromatic carbocycles. The predicted octanol–water partition coefficient (Wildman–Crippen LogP) is 4.23. The van der Waals surface area contributed by atoms with Gasteiger partial charge in [0, 0.05) is 27.8 Å². The monoisotopic (exact) mass is 281 g/mol. The second-order valence-electron chi connectivity index (χ2n) is 3.84. The fourth-order valence-corrected chi connectivity index (χ4v) is 2.59. The molecule has 0 aliphatic carbocycles. The lowest BCUT2D eigenvalue weighted by Gasteiger charge is -2.07. The topological polar surface area (TPSA) is 26.0 Å². The summed E-state index contributed by atoms with van der Waals surface area (Å²) in [5, 5.41) is 0.704. The molecule has 0 saturated carbocycles. The zero-order valence-corrected chi connectivity index (χ0v) is 11.3. The highest BCUT2D eigenvalue weighted by atomic mass is 35.5. The van der Waals surface area contributed by atoms with Crippen molar-refractivity contribution in [2.45, 2.75) is 17.2 Å². The molecule has 0 atom stereocenters. The lowest BCUT2D eigenvalue weighted by atomic mass is 10.1. The first kappa shape index (κ1) is 13.4. The molecule has 2 rings (SSSR count). The number of benzene rings is 2. The van der Waals surface area contributed by atoms with Crippen LogP contribution in [0.1, 0.15) is 11.1 Å². The van der Waals surface area contributed by atoms with Crippen LogP contribution in [0.25, 0.3) is 0 Å². The van der Waals surface area contributed by atoms with E-state index in [0.29, 0.717) is 21.9 Å². The van der Waals surface area contributed by atoms with Crippen molar-refractivity contribution in [3.8, 4) is 0 Å². The van der Waals surface area contributed by atoms with E-state index < -0.39 is 0 Å². The van der Waals surface area contributed by atoms with E-state index in [9.17, 15) is 4.39 Å². The van der Waals surface area contributed by atoms with Gasteiger partial charge in [-0.2, -0.15) is 0 Å². The molecule has 2 aromatic rings. The summed E-state index contributed by atoms with van der Waals surface area (Å²) in [6.45, 7) is 0.227. The Morgan fingerprint density at radius 3 is 2.39 bits per heavy atom. The highest BCUT2D eigenvalue weighted by Gasteiger charge is 2.07. The first-order valence-electron chi connectivity index (χ1n) is 5.55. The lowest BCUT2D eigenvalue weighted by molar-refractivity contribution is 0.600. The van der Waals surface area contributed by atoms with Crippen LogP contribution in [-0.2, 0) is 12.3 Å². The summed E-state index contributed by atoms with van der Waals surface area (Å²) in [5.74, 6) is 0.392. The Bertz CT molecular complexity index is 528. The fraction of sp³-hybridized carbons (Fsp3) is 0.143. The molecular formula is C14H13ClFNS. The van der Waals surface area contributed by atoms with Gasteiger partial charge in [-0.15, -0.1) is 11.8 Å². The summed E-state index contributed by atoms with van der Waals surface area (Å²) in [6.07, 6.45) is 0. The molecule has 0 aliphatic heterocycles. The van der Waals surface area contributed by atoms with Crippen LogP contribution < -0.4 is 5.73 Å². The van der Waals surface area contributed by atoms with E-state index in [0.717, 1.165) is 4.90 Å². The number of thioether (sulfide) groups is 1. The Labute approximate surface area is 115 Å². The van der Waals surface area contributed by atoms with Crippen LogP contribution in [0.2, 0.25) is 5.02 Å². The highest BCUT2D eigenvalue weighted by Crippen LogP contribution is 2.26. The maximum absolute atomic E-state index is 13.9. The SMILES string of the molecule is NCc1cccc(CSc2ccc(Cl)cc2)c1F. The van der Waals surface area contributed by atoms with Crippen molar-refractivity contribution < 1.29 is 4.39 Å². The van der Waals surface area contributed by atoms with Crippen molar-refractivity contribution >= 4 is 23.4 Å². The van der Waals surface area contributed by atoms with Gasteiger partial charge >= 0.3 is 0 Å². The summed E-state index contributed by atoms with van der Waals surface area (Å²) in [6, 6.07) is 12.9. The Kier molecular flexibility index (Phi) is 4.64. The van der Waals surface area contributed by atoms with Gasteiger partial charge in [0.2, 0.25) is 0 Å². The van der Waals surface area contributed by atoms with Gasteiger partial charge in [-0.25, -0.2) is 4.39 Å². The number of halogens is 2. The van der Waals surface area contributed by atoms with E-state index in [2.05, 4.69) is 0 Å². The van der Waals surface area contributed by atoms with Crippen molar-refractivity contribution in [3.63, 3.8) is 0 Å². The second-order valence-corrected chi connectivity index (χ2v) is 5.32. The molecule has 0 amide bonds. The normalized spacial score (nSPS) is 10.6. The Hall–Kier alpha value is -1.03. The largest absolute Gasteiger partial charge is 0.326 e. The molecule has 0 fully saturated rings. The second kappa shape index (κ2) is 6.23. The van der Waals surface area contributed by atoms with Crippen molar-refractivity contribution in [1.29, 1.82) is 0 Å². The van der Waals surface area contributed by atoms with E-state index >= 15 is 0 Å². The van der Waals surface area contributed by atoms with Crippen LogP contribution in [0, 0.1) is 5.82 Å². The molecule has 0 unspecified atom stereocenters.